The van der Waals surface area contributed by atoms with Crippen molar-refractivity contribution < 1.29 is 18.5 Å². The number of nitrogens with one attached hydrogen (secondary N) is 1. The monoisotopic (exact) mass is 647 g/mol. The van der Waals surface area contributed by atoms with E-state index in [1.165, 1.54) is 15.9 Å². The first-order valence-electron chi connectivity index (χ1n) is 16.6. The molecule has 0 unspecified atom stereocenters. The number of rotatable bonds is 8. The Morgan fingerprint density at radius 3 is 1.70 bits per heavy atom. The predicted octanol–water partition coefficient (Wildman–Crippen LogP) is 7.61. The Kier molecular flexibility index (Phi) is 9.52. The molecule has 1 amide bonds. The summed E-state index contributed by atoms with van der Waals surface area (Å²) in [5.74, 6) is -0.178. The van der Waals surface area contributed by atoms with E-state index in [-0.39, 0.29) is 23.0 Å². The Labute approximate surface area is 283 Å². The zero-order valence-electron chi connectivity index (χ0n) is 29.7. The van der Waals surface area contributed by atoms with Crippen LogP contribution in [-0.4, -0.2) is 32.5 Å². The van der Waals surface area contributed by atoms with Crippen molar-refractivity contribution in [2.75, 3.05) is 5.32 Å². The first-order chi connectivity index (χ1) is 22.0. The quantitative estimate of drug-likeness (QED) is 0.200. The molecule has 246 valence electrons. The summed E-state index contributed by atoms with van der Waals surface area (Å²) in [5.41, 5.74) is 3.09. The summed E-state index contributed by atoms with van der Waals surface area (Å²) in [6.07, 6.45) is 0. The van der Waals surface area contributed by atoms with E-state index in [1.54, 1.807) is 0 Å². The highest BCUT2D eigenvalue weighted by atomic mass is 28.4. The molecule has 4 aromatic carbocycles. The molecule has 0 spiro atoms. The summed E-state index contributed by atoms with van der Waals surface area (Å²) in [6.45, 7) is 21.8. The SMILES string of the molecule is CC(C)(C)c1ccc(C(=O)Nc2cccc(B3OC(C)(C)C(C)(C)O3)c2CO[Si](c2ccccc2)(c2ccccc2)C(C)(C)C)cc1. The van der Waals surface area contributed by atoms with E-state index in [2.05, 4.69) is 123 Å². The minimum atomic E-state index is -2.90. The summed E-state index contributed by atoms with van der Waals surface area (Å²) in [6, 6.07) is 35.0. The fourth-order valence-electron chi connectivity index (χ4n) is 6.33. The molecule has 1 aliphatic heterocycles. The van der Waals surface area contributed by atoms with Gasteiger partial charge in [-0.3, -0.25) is 4.79 Å². The van der Waals surface area contributed by atoms with Gasteiger partial charge < -0.3 is 19.1 Å². The topological polar surface area (TPSA) is 56.8 Å². The van der Waals surface area contributed by atoms with E-state index in [4.69, 9.17) is 13.7 Å². The third-order valence-electron chi connectivity index (χ3n) is 9.83. The predicted molar refractivity (Wildman–Crippen MR) is 198 cm³/mol. The molecule has 0 atom stereocenters. The maximum Gasteiger partial charge on any atom is 0.495 e. The van der Waals surface area contributed by atoms with Crippen LogP contribution in [0.3, 0.4) is 0 Å². The highest BCUT2D eigenvalue weighted by Crippen LogP contribution is 2.39. The lowest BCUT2D eigenvalue weighted by molar-refractivity contribution is 0.00578. The molecule has 1 fully saturated rings. The van der Waals surface area contributed by atoms with Crippen LogP contribution in [0.5, 0.6) is 0 Å². The van der Waals surface area contributed by atoms with Gasteiger partial charge in [0.25, 0.3) is 14.2 Å². The summed E-state index contributed by atoms with van der Waals surface area (Å²) in [5, 5.41) is 5.40. The van der Waals surface area contributed by atoms with Crippen molar-refractivity contribution in [3.8, 4) is 0 Å². The average molecular weight is 648 g/mol. The lowest BCUT2D eigenvalue weighted by Crippen LogP contribution is -2.66. The van der Waals surface area contributed by atoms with Gasteiger partial charge in [0.15, 0.2) is 0 Å². The molecular formula is C40H50BNO4Si. The average Bonchev–Trinajstić information content (AvgIpc) is 3.24. The second-order valence-corrected chi connectivity index (χ2v) is 20.0. The summed E-state index contributed by atoms with van der Waals surface area (Å²) < 4.78 is 20.6. The van der Waals surface area contributed by atoms with Crippen LogP contribution < -0.4 is 21.2 Å². The van der Waals surface area contributed by atoms with Crippen molar-refractivity contribution in [3.63, 3.8) is 0 Å². The fraction of sp³-hybridized carbons (Fsp3) is 0.375. The van der Waals surface area contributed by atoms with Crippen LogP contribution in [-0.2, 0) is 25.8 Å². The van der Waals surface area contributed by atoms with Crippen molar-refractivity contribution in [2.45, 2.75) is 97.5 Å². The Hall–Kier alpha value is -3.49. The molecule has 1 heterocycles. The maximum absolute atomic E-state index is 13.8. The van der Waals surface area contributed by atoms with Crippen molar-refractivity contribution in [2.24, 2.45) is 0 Å². The molecule has 1 aliphatic rings. The van der Waals surface area contributed by atoms with Gasteiger partial charge in [-0.05, 0) is 83.3 Å². The van der Waals surface area contributed by atoms with Gasteiger partial charge in [0.05, 0.1) is 17.8 Å². The highest BCUT2D eigenvalue weighted by molar-refractivity contribution is 6.99. The molecule has 0 bridgehead atoms. The Balaban J connectivity index is 1.60. The van der Waals surface area contributed by atoms with Crippen LogP contribution >= 0.6 is 0 Å². The number of anilines is 1. The number of benzene rings is 4. The number of hydrogen-bond donors (Lipinski definition) is 1. The summed E-state index contributed by atoms with van der Waals surface area (Å²) in [4.78, 5) is 13.8. The van der Waals surface area contributed by atoms with Gasteiger partial charge in [-0.25, -0.2) is 0 Å². The zero-order chi connectivity index (χ0) is 34.3. The van der Waals surface area contributed by atoms with Crippen LogP contribution in [0.2, 0.25) is 5.04 Å². The number of carbonyl (C=O) groups excluding carboxylic acids is 1. The molecule has 5 nitrogen and oxygen atoms in total. The van der Waals surface area contributed by atoms with Crippen LogP contribution in [0.25, 0.3) is 0 Å². The summed E-state index contributed by atoms with van der Waals surface area (Å²) >= 11 is 0. The van der Waals surface area contributed by atoms with Gasteiger partial charge in [-0.1, -0.05) is 126 Å². The van der Waals surface area contributed by atoms with E-state index in [0.29, 0.717) is 11.3 Å². The molecule has 0 aliphatic carbocycles. The second-order valence-electron chi connectivity index (χ2n) is 15.7. The third-order valence-corrected chi connectivity index (χ3v) is 14.8. The molecule has 47 heavy (non-hydrogen) atoms. The van der Waals surface area contributed by atoms with Gasteiger partial charge >= 0.3 is 7.12 Å². The van der Waals surface area contributed by atoms with Gasteiger partial charge in [-0.15, -0.1) is 0 Å². The normalized spacial score (nSPS) is 16.3. The third kappa shape index (κ3) is 6.91. The van der Waals surface area contributed by atoms with E-state index in [1.807, 2.05) is 54.6 Å². The standard InChI is InChI=1S/C40H50BNO4Si/c1-37(2,3)30-26-24-29(25-27-30)36(43)42-35-23-17-22-34(41-45-39(7,8)40(9,10)46-41)33(35)28-44-47(38(4,5)6,31-18-13-11-14-19-31)32-20-15-12-16-21-32/h11-27H,28H2,1-10H3,(H,42,43). The molecular weight excluding hydrogens is 597 g/mol. The van der Waals surface area contributed by atoms with E-state index >= 15 is 0 Å². The van der Waals surface area contributed by atoms with Crippen molar-refractivity contribution >= 4 is 42.9 Å². The van der Waals surface area contributed by atoms with Gasteiger partial charge in [0, 0.05) is 11.3 Å². The van der Waals surface area contributed by atoms with Crippen LogP contribution in [0.4, 0.5) is 5.69 Å². The second kappa shape index (κ2) is 12.8. The van der Waals surface area contributed by atoms with E-state index in [9.17, 15) is 4.79 Å². The highest BCUT2D eigenvalue weighted by Gasteiger charge is 2.53. The first kappa shape index (κ1) is 34.8. The minimum absolute atomic E-state index is 0.00235. The van der Waals surface area contributed by atoms with Gasteiger partial charge in [0.1, 0.15) is 0 Å². The van der Waals surface area contributed by atoms with E-state index < -0.39 is 26.6 Å². The Morgan fingerprint density at radius 1 is 0.723 bits per heavy atom. The molecule has 5 rings (SSSR count). The number of amides is 1. The van der Waals surface area contributed by atoms with Crippen LogP contribution in [0.15, 0.2) is 103 Å². The molecule has 0 radical (unpaired) electrons. The molecule has 1 saturated heterocycles. The van der Waals surface area contributed by atoms with Crippen LogP contribution in [0, 0.1) is 0 Å². The van der Waals surface area contributed by atoms with E-state index in [0.717, 1.165) is 11.0 Å². The van der Waals surface area contributed by atoms with Crippen molar-refractivity contribution in [1.29, 1.82) is 0 Å². The Morgan fingerprint density at radius 2 is 1.23 bits per heavy atom. The number of hydrogen-bond acceptors (Lipinski definition) is 4. The molecule has 0 aromatic heterocycles. The van der Waals surface area contributed by atoms with Gasteiger partial charge in [0.2, 0.25) is 0 Å². The molecule has 1 N–H and O–H groups in total. The lowest BCUT2D eigenvalue weighted by atomic mass is 9.75. The van der Waals surface area contributed by atoms with Crippen molar-refractivity contribution in [3.05, 3.63) is 120 Å². The van der Waals surface area contributed by atoms with Gasteiger partial charge in [-0.2, -0.15) is 0 Å². The Bertz CT molecular complexity index is 1640. The largest absolute Gasteiger partial charge is 0.495 e. The first-order valence-corrected chi connectivity index (χ1v) is 18.5. The summed E-state index contributed by atoms with van der Waals surface area (Å²) in [7, 11) is -3.52. The maximum atomic E-state index is 13.8. The lowest BCUT2D eigenvalue weighted by Gasteiger charge is -2.43. The van der Waals surface area contributed by atoms with Crippen molar-refractivity contribution in [1.82, 2.24) is 0 Å². The molecule has 7 heteroatoms. The zero-order valence-corrected chi connectivity index (χ0v) is 30.7. The minimum Gasteiger partial charge on any atom is -0.403 e. The smallest absolute Gasteiger partial charge is 0.403 e. The fourth-order valence-corrected chi connectivity index (χ4v) is 10.8. The molecule has 4 aromatic rings. The molecule has 0 saturated carbocycles. The number of carbonyl (C=O) groups is 1. The van der Waals surface area contributed by atoms with Crippen LogP contribution in [0.1, 0.15) is 90.7 Å².